The molecule has 0 aliphatic heterocycles. The molecule has 53 heavy (non-hydrogen) atoms. The second kappa shape index (κ2) is 11.7. The summed E-state index contributed by atoms with van der Waals surface area (Å²) in [7, 11) is 0. The molecule has 0 bridgehead atoms. The van der Waals surface area contributed by atoms with Crippen LogP contribution in [0, 0.1) is 0 Å². The first kappa shape index (κ1) is 29.6. The molecule has 0 saturated heterocycles. The summed E-state index contributed by atoms with van der Waals surface area (Å²) in [6.45, 7) is 0. The fourth-order valence-corrected chi connectivity index (χ4v) is 8.32. The minimum Gasteiger partial charge on any atom is -0.456 e. The van der Waals surface area contributed by atoms with E-state index < -0.39 is 0 Å². The van der Waals surface area contributed by atoms with Crippen LogP contribution in [0.2, 0.25) is 0 Å². The summed E-state index contributed by atoms with van der Waals surface area (Å²) in [4.78, 5) is 2.41. The molecule has 0 radical (unpaired) electrons. The summed E-state index contributed by atoms with van der Waals surface area (Å²) in [5.74, 6) is 0. The Morgan fingerprint density at radius 1 is 0.340 bits per heavy atom. The number of furan rings is 2. The van der Waals surface area contributed by atoms with E-state index in [1.54, 1.807) is 0 Å². The first-order chi connectivity index (χ1) is 26.3. The summed E-state index contributed by atoms with van der Waals surface area (Å²) < 4.78 is 13.1. The van der Waals surface area contributed by atoms with Gasteiger partial charge in [-0.05, 0) is 81.2 Å². The molecular weight excluding hydrogens is 647 g/mol. The van der Waals surface area contributed by atoms with Gasteiger partial charge in [0.2, 0.25) is 0 Å². The maximum Gasteiger partial charge on any atom is 0.137 e. The lowest BCUT2D eigenvalue weighted by Gasteiger charge is -2.30. The summed E-state index contributed by atoms with van der Waals surface area (Å²) in [6.07, 6.45) is 0. The monoisotopic (exact) mass is 677 g/mol. The standard InChI is InChI=1S/C50H31NO2/c1-2-14-32(15-3-1)36-18-8-11-23-43(36)51(34-26-27-40-39-21-9-12-24-45(39)53-48(40)31-34)44-28-29-47-50(41-22-10-13-25-46(41)52-47)49(44)42-30-33-16-4-5-17-35(33)37-19-6-7-20-38(37)42/h1-31H. The van der Waals surface area contributed by atoms with Crippen LogP contribution in [0.1, 0.15) is 0 Å². The molecule has 0 fully saturated rings. The lowest BCUT2D eigenvalue weighted by Crippen LogP contribution is -2.12. The predicted molar refractivity (Wildman–Crippen MR) is 222 cm³/mol. The van der Waals surface area contributed by atoms with E-state index in [2.05, 4.69) is 175 Å². The van der Waals surface area contributed by atoms with Crippen LogP contribution in [0.25, 0.3) is 87.7 Å². The summed E-state index contributed by atoms with van der Waals surface area (Å²) in [5, 5.41) is 9.21. The Hall–Kier alpha value is -7.10. The van der Waals surface area contributed by atoms with Gasteiger partial charge in [-0.15, -0.1) is 0 Å². The normalized spacial score (nSPS) is 11.8. The van der Waals surface area contributed by atoms with Crippen LogP contribution < -0.4 is 4.90 Å². The van der Waals surface area contributed by atoms with Crippen molar-refractivity contribution in [2.45, 2.75) is 0 Å². The lowest BCUT2D eigenvalue weighted by molar-refractivity contribution is 0.668. The van der Waals surface area contributed by atoms with Crippen LogP contribution in [-0.4, -0.2) is 0 Å². The molecule has 3 nitrogen and oxygen atoms in total. The van der Waals surface area contributed by atoms with Gasteiger partial charge in [-0.2, -0.15) is 0 Å². The highest BCUT2D eigenvalue weighted by atomic mass is 16.3. The van der Waals surface area contributed by atoms with Gasteiger partial charge in [0.15, 0.2) is 0 Å². The van der Waals surface area contributed by atoms with Crippen molar-refractivity contribution in [3.63, 3.8) is 0 Å². The van der Waals surface area contributed by atoms with Crippen molar-refractivity contribution in [2.24, 2.45) is 0 Å². The number of nitrogens with zero attached hydrogens (tertiary/aromatic N) is 1. The van der Waals surface area contributed by atoms with Gasteiger partial charge in [-0.25, -0.2) is 0 Å². The van der Waals surface area contributed by atoms with Crippen LogP contribution in [-0.2, 0) is 0 Å². The van der Waals surface area contributed by atoms with E-state index in [1.165, 1.54) is 21.5 Å². The average Bonchev–Trinajstić information content (AvgIpc) is 3.79. The van der Waals surface area contributed by atoms with Crippen molar-refractivity contribution in [3.05, 3.63) is 188 Å². The van der Waals surface area contributed by atoms with Gasteiger partial charge in [-0.3, -0.25) is 0 Å². The van der Waals surface area contributed by atoms with Gasteiger partial charge in [0.05, 0.1) is 11.4 Å². The molecule has 0 saturated carbocycles. The van der Waals surface area contributed by atoms with Crippen LogP contribution in [0.5, 0.6) is 0 Å². The van der Waals surface area contributed by atoms with Crippen molar-refractivity contribution in [3.8, 4) is 22.3 Å². The van der Waals surface area contributed by atoms with Crippen molar-refractivity contribution in [2.75, 3.05) is 4.90 Å². The maximum absolute atomic E-state index is 6.61. The molecular formula is C50H31NO2. The van der Waals surface area contributed by atoms with Gasteiger partial charge in [-0.1, -0.05) is 133 Å². The molecule has 0 spiro atoms. The number of rotatable bonds is 5. The Morgan fingerprint density at radius 3 is 1.81 bits per heavy atom. The Labute approximate surface area is 305 Å². The van der Waals surface area contributed by atoms with Crippen molar-refractivity contribution in [1.29, 1.82) is 0 Å². The second-order valence-electron chi connectivity index (χ2n) is 13.6. The minimum absolute atomic E-state index is 0.846. The van der Waals surface area contributed by atoms with Crippen molar-refractivity contribution >= 4 is 82.5 Å². The number of hydrogen-bond donors (Lipinski definition) is 0. The quantitative estimate of drug-likeness (QED) is 0.170. The molecule has 11 aromatic rings. The third-order valence-electron chi connectivity index (χ3n) is 10.6. The third-order valence-corrected chi connectivity index (χ3v) is 10.6. The third kappa shape index (κ3) is 4.61. The Bertz CT molecular complexity index is 3190. The zero-order valence-electron chi connectivity index (χ0n) is 28.7. The molecule has 0 aliphatic rings. The van der Waals surface area contributed by atoms with Gasteiger partial charge in [0.1, 0.15) is 22.3 Å². The van der Waals surface area contributed by atoms with Crippen molar-refractivity contribution in [1.82, 2.24) is 0 Å². The predicted octanol–water partition coefficient (Wildman–Crippen LogP) is 14.6. The number of hydrogen-bond acceptors (Lipinski definition) is 3. The van der Waals surface area contributed by atoms with E-state index in [0.717, 1.165) is 83.2 Å². The van der Waals surface area contributed by atoms with Crippen LogP contribution in [0.15, 0.2) is 197 Å². The van der Waals surface area contributed by atoms with Crippen LogP contribution in [0.4, 0.5) is 17.1 Å². The fourth-order valence-electron chi connectivity index (χ4n) is 8.32. The summed E-state index contributed by atoms with van der Waals surface area (Å²) in [6, 6.07) is 66.8. The number of anilines is 3. The molecule has 3 heteroatoms. The molecule has 0 N–H and O–H groups in total. The molecule has 2 heterocycles. The van der Waals surface area contributed by atoms with E-state index in [4.69, 9.17) is 8.83 Å². The van der Waals surface area contributed by atoms with Gasteiger partial charge in [0, 0.05) is 44.4 Å². The molecule has 2 aromatic heterocycles. The van der Waals surface area contributed by atoms with Gasteiger partial charge < -0.3 is 13.7 Å². The molecule has 11 rings (SSSR count). The summed E-state index contributed by atoms with van der Waals surface area (Å²) >= 11 is 0. The highest BCUT2D eigenvalue weighted by Gasteiger charge is 2.26. The van der Waals surface area contributed by atoms with E-state index >= 15 is 0 Å². The number of fused-ring (bicyclic) bond motifs is 9. The minimum atomic E-state index is 0.846. The molecule has 0 aliphatic carbocycles. The summed E-state index contributed by atoms with van der Waals surface area (Å²) in [5.41, 5.74) is 11.1. The number of benzene rings is 9. The van der Waals surface area contributed by atoms with Crippen LogP contribution in [0.3, 0.4) is 0 Å². The van der Waals surface area contributed by atoms with E-state index in [0.29, 0.717) is 0 Å². The zero-order valence-corrected chi connectivity index (χ0v) is 28.7. The van der Waals surface area contributed by atoms with E-state index in [-0.39, 0.29) is 0 Å². The largest absolute Gasteiger partial charge is 0.456 e. The SMILES string of the molecule is c1ccc(-c2ccccc2N(c2ccc3c(c2)oc2ccccc23)c2ccc3oc4ccccc4c3c2-c2cc3ccccc3c3ccccc23)cc1. The van der Waals surface area contributed by atoms with Gasteiger partial charge in [0.25, 0.3) is 0 Å². The second-order valence-corrected chi connectivity index (χ2v) is 13.6. The molecule has 0 unspecified atom stereocenters. The molecule has 0 atom stereocenters. The first-order valence-electron chi connectivity index (χ1n) is 18.0. The fraction of sp³-hybridized carbons (Fsp3) is 0. The smallest absolute Gasteiger partial charge is 0.137 e. The lowest BCUT2D eigenvalue weighted by atomic mass is 9.89. The molecule has 9 aromatic carbocycles. The first-order valence-corrected chi connectivity index (χ1v) is 18.0. The van der Waals surface area contributed by atoms with Crippen molar-refractivity contribution < 1.29 is 8.83 Å². The van der Waals surface area contributed by atoms with E-state index in [1.807, 2.05) is 18.2 Å². The highest BCUT2D eigenvalue weighted by molar-refractivity contribution is 6.23. The topological polar surface area (TPSA) is 29.5 Å². The molecule has 248 valence electrons. The Morgan fingerprint density at radius 2 is 0.962 bits per heavy atom. The van der Waals surface area contributed by atoms with Crippen LogP contribution >= 0.6 is 0 Å². The maximum atomic E-state index is 6.61. The Balaban J connectivity index is 1.30. The number of para-hydroxylation sites is 3. The zero-order chi connectivity index (χ0) is 34.9. The average molecular weight is 678 g/mol. The van der Waals surface area contributed by atoms with E-state index in [9.17, 15) is 0 Å². The highest BCUT2D eigenvalue weighted by Crippen LogP contribution is 2.51. The van der Waals surface area contributed by atoms with Gasteiger partial charge >= 0.3 is 0 Å². The Kier molecular flexibility index (Phi) is 6.55. The molecule has 0 amide bonds.